The molecule has 0 amide bonds. The summed E-state index contributed by atoms with van der Waals surface area (Å²) in [5, 5.41) is -0.0420. The summed E-state index contributed by atoms with van der Waals surface area (Å²) in [6.45, 7) is 2.04. The minimum atomic E-state index is -0.400. The van der Waals surface area contributed by atoms with Gasteiger partial charge in [-0.2, -0.15) is 25.3 Å². The van der Waals surface area contributed by atoms with E-state index < -0.39 is 5.97 Å². The van der Waals surface area contributed by atoms with E-state index in [2.05, 4.69) is 25.3 Å². The maximum absolute atomic E-state index is 11.1. The Kier molecular flexibility index (Phi) is 12.5. The minimum absolute atomic E-state index is 0.0420. The second-order valence-electron chi connectivity index (χ2n) is 3.18. The lowest BCUT2D eigenvalue weighted by Gasteiger charge is -2.09. The fourth-order valence-electron chi connectivity index (χ4n) is 0.801. The Morgan fingerprint density at radius 2 is 1.82 bits per heavy atom. The van der Waals surface area contributed by atoms with Gasteiger partial charge in [-0.3, -0.25) is 0 Å². The fraction of sp³-hybridized carbons (Fsp3) is 0.900. The quantitative estimate of drug-likeness (QED) is 0.327. The molecular weight excluding hydrogens is 264 g/mol. The third-order valence-corrected chi connectivity index (χ3v) is 2.73. The van der Waals surface area contributed by atoms with Crippen LogP contribution >= 0.6 is 25.3 Å². The molecular formula is C10H20O5S2. The molecule has 0 aliphatic rings. The number of esters is 1. The molecule has 0 aromatic carbocycles. The Bertz CT molecular complexity index is 192. The van der Waals surface area contributed by atoms with Gasteiger partial charge in [-0.05, 0) is 0 Å². The zero-order valence-corrected chi connectivity index (χ0v) is 11.8. The number of thiol groups is 2. The predicted octanol–water partition coefficient (Wildman–Crippen LogP) is 0.437. The summed E-state index contributed by atoms with van der Waals surface area (Å²) < 4.78 is 19.9. The maximum atomic E-state index is 11.1. The third kappa shape index (κ3) is 12.3. The first kappa shape index (κ1) is 17.1. The van der Waals surface area contributed by atoms with Crippen LogP contribution in [0.5, 0.6) is 0 Å². The molecule has 0 aliphatic heterocycles. The Morgan fingerprint density at radius 3 is 2.47 bits per heavy atom. The molecule has 102 valence electrons. The zero-order chi connectivity index (χ0) is 12.9. The first-order chi connectivity index (χ1) is 8.20. The van der Waals surface area contributed by atoms with E-state index in [0.717, 1.165) is 0 Å². The van der Waals surface area contributed by atoms with E-state index in [1.807, 2.05) is 0 Å². The Morgan fingerprint density at radius 1 is 1.18 bits per heavy atom. The lowest BCUT2D eigenvalue weighted by Crippen LogP contribution is -2.20. The van der Waals surface area contributed by atoms with E-state index in [4.69, 9.17) is 18.9 Å². The van der Waals surface area contributed by atoms with E-state index in [0.29, 0.717) is 32.2 Å². The normalized spacial score (nSPS) is 12.4. The molecule has 7 heteroatoms. The number of hydrogen-bond donors (Lipinski definition) is 2. The smallest absolute Gasteiger partial charge is 0.332 e. The lowest BCUT2D eigenvalue weighted by atomic mass is 10.5. The zero-order valence-electron chi connectivity index (χ0n) is 9.96. The monoisotopic (exact) mass is 284 g/mol. The number of methoxy groups -OCH3 is 1. The maximum Gasteiger partial charge on any atom is 0.332 e. The van der Waals surface area contributed by atoms with Gasteiger partial charge in [0.15, 0.2) is 0 Å². The van der Waals surface area contributed by atoms with E-state index in [1.54, 1.807) is 7.11 Å². The summed E-state index contributed by atoms with van der Waals surface area (Å²) in [5.74, 6) is 0.160. The first-order valence-electron chi connectivity index (χ1n) is 5.29. The molecule has 0 saturated heterocycles. The van der Waals surface area contributed by atoms with Gasteiger partial charge in [0, 0.05) is 18.1 Å². The van der Waals surface area contributed by atoms with Gasteiger partial charge in [0.25, 0.3) is 0 Å². The largest absolute Gasteiger partial charge is 0.463 e. The van der Waals surface area contributed by atoms with Crippen molar-refractivity contribution in [3.8, 4) is 0 Å². The Balaban J connectivity index is 3.22. The SMILES string of the molecule is COCCOCCOCC(=O)OCC(S)CS. The topological polar surface area (TPSA) is 54.0 Å². The fourth-order valence-corrected chi connectivity index (χ4v) is 0.981. The lowest BCUT2D eigenvalue weighted by molar-refractivity contribution is -0.149. The van der Waals surface area contributed by atoms with Crippen molar-refractivity contribution >= 4 is 31.2 Å². The second kappa shape index (κ2) is 12.5. The predicted molar refractivity (Wildman–Crippen MR) is 71.1 cm³/mol. The van der Waals surface area contributed by atoms with E-state index in [1.165, 1.54) is 0 Å². The summed E-state index contributed by atoms with van der Waals surface area (Å²) in [6.07, 6.45) is 0. The highest BCUT2D eigenvalue weighted by Crippen LogP contribution is 1.98. The second-order valence-corrected chi connectivity index (χ2v) is 4.27. The molecule has 0 aliphatic carbocycles. The van der Waals surface area contributed by atoms with Gasteiger partial charge in [-0.1, -0.05) is 0 Å². The van der Waals surface area contributed by atoms with Gasteiger partial charge < -0.3 is 18.9 Å². The van der Waals surface area contributed by atoms with E-state index >= 15 is 0 Å². The molecule has 0 fully saturated rings. The van der Waals surface area contributed by atoms with Crippen LogP contribution in [0.4, 0.5) is 0 Å². The van der Waals surface area contributed by atoms with Crippen LogP contribution in [-0.2, 0) is 23.7 Å². The van der Waals surface area contributed by atoms with Crippen molar-refractivity contribution in [3.05, 3.63) is 0 Å². The minimum Gasteiger partial charge on any atom is -0.463 e. The summed E-state index contributed by atoms with van der Waals surface area (Å²) >= 11 is 8.15. The molecule has 1 atom stereocenters. The van der Waals surface area contributed by atoms with Crippen molar-refractivity contribution in [2.75, 3.05) is 52.5 Å². The van der Waals surface area contributed by atoms with Gasteiger partial charge >= 0.3 is 5.97 Å². The molecule has 0 aromatic heterocycles. The van der Waals surface area contributed by atoms with Crippen LogP contribution in [0, 0.1) is 0 Å². The highest BCUT2D eigenvalue weighted by molar-refractivity contribution is 7.84. The number of rotatable bonds is 11. The van der Waals surface area contributed by atoms with Gasteiger partial charge in [0.05, 0.1) is 26.4 Å². The molecule has 0 rings (SSSR count). The van der Waals surface area contributed by atoms with Crippen LogP contribution < -0.4 is 0 Å². The molecule has 0 bridgehead atoms. The van der Waals surface area contributed by atoms with Crippen molar-refractivity contribution in [3.63, 3.8) is 0 Å². The molecule has 0 spiro atoms. The molecule has 0 saturated carbocycles. The number of ether oxygens (including phenoxy) is 4. The summed E-state index contributed by atoms with van der Waals surface area (Å²) in [7, 11) is 1.61. The summed E-state index contributed by atoms with van der Waals surface area (Å²) in [4.78, 5) is 11.1. The van der Waals surface area contributed by atoms with Crippen molar-refractivity contribution in [2.45, 2.75) is 5.25 Å². The van der Waals surface area contributed by atoms with Crippen molar-refractivity contribution < 1.29 is 23.7 Å². The molecule has 0 heterocycles. The number of carbonyl (C=O) groups excluding carboxylic acids is 1. The van der Waals surface area contributed by atoms with E-state index in [-0.39, 0.29) is 18.5 Å². The van der Waals surface area contributed by atoms with E-state index in [9.17, 15) is 4.79 Å². The number of carbonyl (C=O) groups is 1. The average molecular weight is 284 g/mol. The van der Waals surface area contributed by atoms with Gasteiger partial charge in [-0.15, -0.1) is 0 Å². The van der Waals surface area contributed by atoms with Crippen molar-refractivity contribution in [1.29, 1.82) is 0 Å². The molecule has 5 nitrogen and oxygen atoms in total. The highest BCUT2D eigenvalue weighted by Gasteiger charge is 2.06. The van der Waals surface area contributed by atoms with Gasteiger partial charge in [0.1, 0.15) is 13.2 Å². The van der Waals surface area contributed by atoms with Gasteiger partial charge in [0.2, 0.25) is 0 Å². The number of hydrogen-bond acceptors (Lipinski definition) is 7. The van der Waals surface area contributed by atoms with Crippen molar-refractivity contribution in [2.24, 2.45) is 0 Å². The van der Waals surface area contributed by atoms with Crippen LogP contribution in [0.15, 0.2) is 0 Å². The average Bonchev–Trinajstić information content (AvgIpc) is 2.34. The van der Waals surface area contributed by atoms with Crippen LogP contribution in [0.3, 0.4) is 0 Å². The van der Waals surface area contributed by atoms with Gasteiger partial charge in [-0.25, -0.2) is 4.79 Å². The molecule has 0 aromatic rings. The van der Waals surface area contributed by atoms with Crippen molar-refractivity contribution in [1.82, 2.24) is 0 Å². The van der Waals surface area contributed by atoms with Crippen LogP contribution in [0.1, 0.15) is 0 Å². The Hall–Kier alpha value is 0.0500. The van der Waals surface area contributed by atoms with Crippen LogP contribution in [-0.4, -0.2) is 63.7 Å². The molecule has 0 N–H and O–H groups in total. The molecule has 0 radical (unpaired) electrons. The molecule has 1 unspecified atom stereocenters. The standard InChI is InChI=1S/C10H20O5S2/c1-12-2-3-13-4-5-14-7-10(11)15-6-9(17)8-16/h9,16-17H,2-8H2,1H3. The highest BCUT2D eigenvalue weighted by atomic mass is 32.1. The third-order valence-electron chi connectivity index (χ3n) is 1.67. The summed E-state index contributed by atoms with van der Waals surface area (Å²) in [6, 6.07) is 0. The summed E-state index contributed by atoms with van der Waals surface area (Å²) in [5.41, 5.74) is 0. The Labute approximate surface area is 113 Å². The van der Waals surface area contributed by atoms with Crippen LogP contribution in [0.2, 0.25) is 0 Å². The first-order valence-corrected chi connectivity index (χ1v) is 6.44. The van der Waals surface area contributed by atoms with Crippen LogP contribution in [0.25, 0.3) is 0 Å². The molecule has 17 heavy (non-hydrogen) atoms.